The van der Waals surface area contributed by atoms with Crippen molar-refractivity contribution >= 4 is 44.0 Å². The summed E-state index contributed by atoms with van der Waals surface area (Å²) in [4.78, 5) is 10.1. The van der Waals surface area contributed by atoms with E-state index in [-0.39, 0.29) is 6.17 Å². The molecule has 0 aromatic heterocycles. The highest BCUT2D eigenvalue weighted by molar-refractivity contribution is 6.25. The highest BCUT2D eigenvalue weighted by atomic mass is 15.2. The molecule has 226 valence electrons. The van der Waals surface area contributed by atoms with Gasteiger partial charge >= 0.3 is 0 Å². The van der Waals surface area contributed by atoms with Gasteiger partial charge in [0.05, 0.1) is 0 Å². The summed E-state index contributed by atoms with van der Waals surface area (Å²) in [5.41, 5.74) is 7.81. The Bertz CT molecular complexity index is 2500. The van der Waals surface area contributed by atoms with E-state index in [0.29, 0.717) is 0 Å². The minimum absolute atomic E-state index is 0.242. The molecule has 0 spiro atoms. The number of hydrogen-bond acceptors (Lipinski definition) is 3. The number of amidine groups is 2. The van der Waals surface area contributed by atoms with E-state index in [1.54, 1.807) is 0 Å². The van der Waals surface area contributed by atoms with Crippen LogP contribution in [0.3, 0.4) is 0 Å². The van der Waals surface area contributed by atoms with Crippen LogP contribution in [0, 0.1) is 0 Å². The van der Waals surface area contributed by atoms with Crippen molar-refractivity contribution in [2.24, 2.45) is 9.98 Å². The second kappa shape index (κ2) is 11.8. The summed E-state index contributed by atoms with van der Waals surface area (Å²) in [7, 11) is 0. The zero-order valence-electron chi connectivity index (χ0n) is 26.2. The van der Waals surface area contributed by atoms with Crippen molar-refractivity contribution < 1.29 is 0 Å². The number of rotatable bonds is 5. The second-order valence-electron chi connectivity index (χ2n) is 12.2. The molecule has 1 atom stereocenters. The fraction of sp³-hybridized carbons (Fsp3) is 0.0222. The standard InChI is InChI=1S/C45H31N3/c1-3-14-30(15-4-1)43-46-44(31-16-5-2-6-17-31)48-45(47-43)34-19-13-18-32(28-34)35-20-7-8-21-36(35)33-26-27-41-39-24-10-9-22-37(39)38-23-11-12-25-40(38)42(41)29-33/h1-29,43H,(H,46,47,48). The van der Waals surface area contributed by atoms with Gasteiger partial charge in [0.1, 0.15) is 12.0 Å². The van der Waals surface area contributed by atoms with Gasteiger partial charge in [-0.15, -0.1) is 0 Å². The molecule has 0 aliphatic carbocycles. The van der Waals surface area contributed by atoms with E-state index in [2.05, 4.69) is 157 Å². The van der Waals surface area contributed by atoms with Crippen LogP contribution >= 0.6 is 0 Å². The van der Waals surface area contributed by atoms with Crippen molar-refractivity contribution in [3.05, 3.63) is 193 Å². The normalized spacial score (nSPS) is 14.5. The number of benzene rings is 8. The van der Waals surface area contributed by atoms with Crippen LogP contribution < -0.4 is 5.32 Å². The van der Waals surface area contributed by atoms with Crippen LogP contribution in [0.25, 0.3) is 54.6 Å². The molecule has 1 unspecified atom stereocenters. The molecule has 0 bridgehead atoms. The third-order valence-corrected chi connectivity index (χ3v) is 9.32. The van der Waals surface area contributed by atoms with Crippen LogP contribution in [-0.4, -0.2) is 11.7 Å². The molecular formula is C45H31N3. The van der Waals surface area contributed by atoms with Crippen molar-refractivity contribution in [1.29, 1.82) is 0 Å². The summed E-state index contributed by atoms with van der Waals surface area (Å²) in [6, 6.07) is 62.4. The molecule has 48 heavy (non-hydrogen) atoms. The summed E-state index contributed by atoms with van der Waals surface area (Å²) in [6.07, 6.45) is -0.242. The Balaban J connectivity index is 1.15. The monoisotopic (exact) mass is 613 g/mol. The lowest BCUT2D eigenvalue weighted by atomic mass is 9.89. The molecule has 8 aromatic carbocycles. The first-order valence-electron chi connectivity index (χ1n) is 16.4. The van der Waals surface area contributed by atoms with Crippen molar-refractivity contribution in [1.82, 2.24) is 5.32 Å². The van der Waals surface area contributed by atoms with Gasteiger partial charge in [0.25, 0.3) is 0 Å². The van der Waals surface area contributed by atoms with Crippen molar-refractivity contribution in [2.45, 2.75) is 6.17 Å². The number of hydrogen-bond donors (Lipinski definition) is 1. The van der Waals surface area contributed by atoms with Crippen LogP contribution in [0.1, 0.15) is 22.9 Å². The molecule has 0 radical (unpaired) electrons. The number of nitrogens with zero attached hydrogens (tertiary/aromatic N) is 2. The average Bonchev–Trinajstić information content (AvgIpc) is 3.18. The van der Waals surface area contributed by atoms with E-state index in [4.69, 9.17) is 9.98 Å². The van der Waals surface area contributed by atoms with Crippen molar-refractivity contribution in [2.75, 3.05) is 0 Å². The highest BCUT2D eigenvalue weighted by Gasteiger charge is 2.21. The maximum atomic E-state index is 5.06. The Morgan fingerprint density at radius 3 is 1.54 bits per heavy atom. The molecule has 0 saturated carbocycles. The van der Waals surface area contributed by atoms with Gasteiger partial charge in [-0.25, -0.2) is 9.98 Å². The number of fused-ring (bicyclic) bond motifs is 6. The molecule has 0 amide bonds. The smallest absolute Gasteiger partial charge is 0.159 e. The fourth-order valence-corrected chi connectivity index (χ4v) is 7.01. The van der Waals surface area contributed by atoms with Gasteiger partial charge in [0.2, 0.25) is 0 Å². The number of aliphatic imine (C=N–C) groups is 2. The molecule has 8 aromatic rings. The number of nitrogens with one attached hydrogen (secondary N) is 1. The maximum absolute atomic E-state index is 5.06. The third-order valence-electron chi connectivity index (χ3n) is 9.32. The lowest BCUT2D eigenvalue weighted by molar-refractivity contribution is 0.674. The predicted molar refractivity (Wildman–Crippen MR) is 202 cm³/mol. The lowest BCUT2D eigenvalue weighted by Gasteiger charge is -2.24. The van der Waals surface area contributed by atoms with Crippen LogP contribution in [0.5, 0.6) is 0 Å². The van der Waals surface area contributed by atoms with Gasteiger partial charge in [-0.2, -0.15) is 0 Å². The van der Waals surface area contributed by atoms with Crippen molar-refractivity contribution in [3.63, 3.8) is 0 Å². The van der Waals surface area contributed by atoms with Crippen LogP contribution in [-0.2, 0) is 0 Å². The summed E-state index contributed by atoms with van der Waals surface area (Å²) < 4.78 is 0. The van der Waals surface area contributed by atoms with Gasteiger partial charge in [-0.3, -0.25) is 0 Å². The van der Waals surface area contributed by atoms with E-state index in [1.165, 1.54) is 49.0 Å². The minimum atomic E-state index is -0.242. The van der Waals surface area contributed by atoms with Crippen LogP contribution in [0.2, 0.25) is 0 Å². The van der Waals surface area contributed by atoms with Crippen molar-refractivity contribution in [3.8, 4) is 22.3 Å². The molecule has 9 rings (SSSR count). The van der Waals surface area contributed by atoms with Crippen LogP contribution in [0.15, 0.2) is 186 Å². The summed E-state index contributed by atoms with van der Waals surface area (Å²) >= 11 is 0. The topological polar surface area (TPSA) is 36.8 Å². The first-order chi connectivity index (χ1) is 23.8. The lowest BCUT2D eigenvalue weighted by Crippen LogP contribution is -2.33. The highest BCUT2D eigenvalue weighted by Crippen LogP contribution is 2.39. The molecule has 1 aliphatic heterocycles. The zero-order chi connectivity index (χ0) is 31.9. The van der Waals surface area contributed by atoms with E-state index >= 15 is 0 Å². The van der Waals surface area contributed by atoms with E-state index in [0.717, 1.165) is 33.9 Å². The Morgan fingerprint density at radius 2 is 0.875 bits per heavy atom. The largest absolute Gasteiger partial charge is 0.344 e. The molecular weight excluding hydrogens is 583 g/mol. The van der Waals surface area contributed by atoms with Gasteiger partial charge in [0.15, 0.2) is 5.84 Å². The SMILES string of the molecule is c1ccc(C2=NC(c3ccccc3)NC(c3cccc(-c4ccccc4-c4ccc5c6ccccc6c6ccccc6c5c4)c3)=N2)cc1. The van der Waals surface area contributed by atoms with E-state index < -0.39 is 0 Å². The minimum Gasteiger partial charge on any atom is -0.344 e. The third kappa shape index (κ3) is 4.94. The Labute approximate surface area is 279 Å². The maximum Gasteiger partial charge on any atom is 0.159 e. The average molecular weight is 614 g/mol. The van der Waals surface area contributed by atoms with E-state index in [1.807, 2.05) is 24.3 Å². The van der Waals surface area contributed by atoms with Crippen LogP contribution in [0.4, 0.5) is 0 Å². The second-order valence-corrected chi connectivity index (χ2v) is 12.2. The first kappa shape index (κ1) is 27.9. The Hall–Kier alpha value is -6.32. The Kier molecular flexibility index (Phi) is 6.87. The predicted octanol–water partition coefficient (Wildman–Crippen LogP) is 11.0. The summed E-state index contributed by atoms with van der Waals surface area (Å²) in [5, 5.41) is 11.3. The first-order valence-corrected chi connectivity index (χ1v) is 16.4. The molecule has 3 nitrogen and oxygen atoms in total. The molecule has 3 heteroatoms. The van der Waals surface area contributed by atoms with Gasteiger partial charge in [0, 0.05) is 11.1 Å². The molecule has 0 saturated heterocycles. The summed E-state index contributed by atoms with van der Waals surface area (Å²) in [6.45, 7) is 0. The van der Waals surface area contributed by atoms with Gasteiger partial charge < -0.3 is 5.32 Å². The quantitative estimate of drug-likeness (QED) is 0.193. The Morgan fingerprint density at radius 1 is 0.375 bits per heavy atom. The summed E-state index contributed by atoms with van der Waals surface area (Å²) in [5.74, 6) is 1.53. The molecule has 0 fully saturated rings. The molecule has 1 aliphatic rings. The fourth-order valence-electron chi connectivity index (χ4n) is 7.01. The molecule has 1 N–H and O–H groups in total. The van der Waals surface area contributed by atoms with E-state index in [9.17, 15) is 0 Å². The zero-order valence-corrected chi connectivity index (χ0v) is 26.2. The molecule has 1 heterocycles. The van der Waals surface area contributed by atoms with Gasteiger partial charge in [-0.05, 0) is 72.3 Å². The van der Waals surface area contributed by atoms with Gasteiger partial charge in [-0.1, -0.05) is 164 Å².